The fourth-order valence-corrected chi connectivity index (χ4v) is 4.64. The van der Waals surface area contributed by atoms with Crippen molar-refractivity contribution in [3.8, 4) is 0 Å². The van der Waals surface area contributed by atoms with E-state index >= 15 is 0 Å². The monoisotopic (exact) mass is 442 g/mol. The van der Waals surface area contributed by atoms with E-state index in [0.29, 0.717) is 12.1 Å². The highest BCUT2D eigenvalue weighted by atomic mass is 19.1. The smallest absolute Gasteiger partial charge is 0.251 e. The largest absolute Gasteiger partial charge is 0.357 e. The van der Waals surface area contributed by atoms with E-state index < -0.39 is 0 Å². The van der Waals surface area contributed by atoms with Gasteiger partial charge in [-0.2, -0.15) is 0 Å². The first kappa shape index (κ1) is 21.3. The molecule has 33 heavy (non-hydrogen) atoms. The number of benzene rings is 2. The number of amides is 1. The lowest BCUT2D eigenvalue weighted by molar-refractivity contribution is 0.0951. The van der Waals surface area contributed by atoms with Crippen LogP contribution >= 0.6 is 0 Å². The Balaban J connectivity index is 1.28. The summed E-state index contributed by atoms with van der Waals surface area (Å²) in [4.78, 5) is 20.4. The zero-order valence-electron chi connectivity index (χ0n) is 18.4. The quantitative estimate of drug-likeness (QED) is 0.384. The minimum Gasteiger partial charge on any atom is -0.357 e. The number of nitrogens with one attached hydrogen (secondary N) is 3. The molecule has 1 aliphatic rings. The predicted molar refractivity (Wildman–Crippen MR) is 127 cm³/mol. The van der Waals surface area contributed by atoms with E-state index in [2.05, 4.69) is 20.6 Å². The summed E-state index contributed by atoms with van der Waals surface area (Å²) in [6.45, 7) is 1.28. The van der Waals surface area contributed by atoms with Crippen LogP contribution in [-0.4, -0.2) is 22.4 Å². The van der Waals surface area contributed by atoms with Gasteiger partial charge >= 0.3 is 0 Å². The van der Waals surface area contributed by atoms with Gasteiger partial charge in [0.1, 0.15) is 5.82 Å². The Kier molecular flexibility index (Phi) is 6.17. The molecule has 1 aliphatic carbocycles. The Morgan fingerprint density at radius 1 is 1.12 bits per heavy atom. The first-order valence-electron chi connectivity index (χ1n) is 11.5. The zero-order chi connectivity index (χ0) is 22.6. The summed E-state index contributed by atoms with van der Waals surface area (Å²) in [5.41, 5.74) is 6.36. The van der Waals surface area contributed by atoms with E-state index in [9.17, 15) is 9.18 Å². The molecule has 168 valence electrons. The summed E-state index contributed by atoms with van der Waals surface area (Å²) in [5, 5.41) is 7.78. The Hall–Kier alpha value is -3.51. The fourth-order valence-electron chi connectivity index (χ4n) is 4.64. The molecule has 2 aromatic carbocycles. The van der Waals surface area contributed by atoms with Crippen molar-refractivity contribution in [2.75, 3.05) is 6.54 Å². The first-order chi connectivity index (χ1) is 16.2. The minimum atomic E-state index is -0.202. The van der Waals surface area contributed by atoms with Gasteiger partial charge in [0.15, 0.2) is 0 Å². The topological polar surface area (TPSA) is 69.8 Å². The number of hydrogen-bond donors (Lipinski definition) is 3. The molecule has 0 saturated carbocycles. The summed E-state index contributed by atoms with van der Waals surface area (Å²) in [6, 6.07) is 16.6. The maximum absolute atomic E-state index is 13.1. The lowest BCUT2D eigenvalue weighted by Gasteiger charge is -2.24. The van der Waals surface area contributed by atoms with Crippen molar-refractivity contribution in [3.63, 3.8) is 0 Å². The van der Waals surface area contributed by atoms with Gasteiger partial charge in [-0.3, -0.25) is 9.78 Å². The van der Waals surface area contributed by atoms with Gasteiger partial charge in [0.05, 0.1) is 0 Å². The number of aromatic amines is 1. The van der Waals surface area contributed by atoms with Gasteiger partial charge in [-0.15, -0.1) is 0 Å². The molecule has 0 radical (unpaired) electrons. The van der Waals surface area contributed by atoms with Crippen LogP contribution in [0.5, 0.6) is 0 Å². The second kappa shape index (κ2) is 9.55. The lowest BCUT2D eigenvalue weighted by Crippen LogP contribution is -2.27. The molecule has 0 aliphatic heterocycles. The SMILES string of the molecule is O=C(NCc1cccnc1)c1ccc2[nH]c3c(c2c1)CCCC3NCCc1ccc(F)cc1. The number of halogens is 1. The Labute approximate surface area is 192 Å². The summed E-state index contributed by atoms with van der Waals surface area (Å²) < 4.78 is 13.1. The average molecular weight is 443 g/mol. The maximum atomic E-state index is 13.1. The predicted octanol–water partition coefficient (Wildman–Crippen LogP) is 4.84. The number of carbonyl (C=O) groups is 1. The molecule has 2 aromatic heterocycles. The Morgan fingerprint density at radius 3 is 2.82 bits per heavy atom. The molecular weight excluding hydrogens is 415 g/mol. The number of H-pyrrole nitrogens is 1. The number of hydrogen-bond acceptors (Lipinski definition) is 3. The Bertz CT molecular complexity index is 1250. The molecular formula is C27H27FN4O. The molecule has 1 unspecified atom stereocenters. The molecule has 3 N–H and O–H groups in total. The number of fused-ring (bicyclic) bond motifs is 3. The van der Waals surface area contributed by atoms with E-state index in [-0.39, 0.29) is 17.8 Å². The van der Waals surface area contributed by atoms with Gasteiger partial charge in [-0.05, 0) is 85.3 Å². The Morgan fingerprint density at radius 2 is 2.00 bits per heavy atom. The standard InChI is InChI=1S/C27H27FN4O/c28-21-9-6-18(7-10-21)12-14-30-25-5-1-4-22-23-15-20(8-11-24(23)32-26(22)25)27(33)31-17-19-3-2-13-29-16-19/h2-3,6-11,13,15-16,25,30,32H,1,4-5,12,14,17H2,(H,31,33). The molecule has 0 fully saturated rings. The van der Waals surface area contributed by atoms with E-state index in [1.807, 2.05) is 42.5 Å². The summed E-state index contributed by atoms with van der Waals surface area (Å²) in [7, 11) is 0. The highest BCUT2D eigenvalue weighted by Gasteiger charge is 2.24. The van der Waals surface area contributed by atoms with Gasteiger partial charge in [-0.25, -0.2) is 4.39 Å². The van der Waals surface area contributed by atoms with Crippen LogP contribution in [0.1, 0.15) is 51.6 Å². The van der Waals surface area contributed by atoms with Crippen LogP contribution in [0.3, 0.4) is 0 Å². The van der Waals surface area contributed by atoms with E-state index in [1.54, 1.807) is 12.4 Å². The third-order valence-electron chi connectivity index (χ3n) is 6.36. The summed E-state index contributed by atoms with van der Waals surface area (Å²) >= 11 is 0. The summed E-state index contributed by atoms with van der Waals surface area (Å²) in [6.07, 6.45) is 7.52. The van der Waals surface area contributed by atoms with Crippen molar-refractivity contribution in [3.05, 3.63) is 101 Å². The number of rotatable bonds is 7. The molecule has 0 bridgehead atoms. The number of nitrogens with zero attached hydrogens (tertiary/aromatic N) is 1. The van der Waals surface area contributed by atoms with E-state index in [4.69, 9.17) is 0 Å². The second-order valence-corrected chi connectivity index (χ2v) is 8.60. The van der Waals surface area contributed by atoms with Crippen LogP contribution in [0.2, 0.25) is 0 Å². The highest BCUT2D eigenvalue weighted by molar-refractivity contribution is 5.99. The van der Waals surface area contributed by atoms with Crippen LogP contribution < -0.4 is 10.6 Å². The van der Waals surface area contributed by atoms with E-state index in [0.717, 1.165) is 54.3 Å². The minimum absolute atomic E-state index is 0.0829. The third kappa shape index (κ3) is 4.81. The van der Waals surface area contributed by atoms with Crippen LogP contribution in [0.4, 0.5) is 4.39 Å². The van der Waals surface area contributed by atoms with Crippen molar-refractivity contribution in [2.24, 2.45) is 0 Å². The second-order valence-electron chi connectivity index (χ2n) is 8.60. The van der Waals surface area contributed by atoms with Gasteiger partial charge in [-0.1, -0.05) is 18.2 Å². The van der Waals surface area contributed by atoms with Crippen LogP contribution in [0, 0.1) is 5.82 Å². The molecule has 0 spiro atoms. The molecule has 1 atom stereocenters. The molecule has 0 saturated heterocycles. The fraction of sp³-hybridized carbons (Fsp3) is 0.259. The van der Waals surface area contributed by atoms with Crippen molar-refractivity contribution in [1.82, 2.24) is 20.6 Å². The lowest BCUT2D eigenvalue weighted by atomic mass is 9.91. The third-order valence-corrected chi connectivity index (χ3v) is 6.36. The molecule has 6 heteroatoms. The number of aryl methyl sites for hydroxylation is 1. The van der Waals surface area contributed by atoms with Gasteiger partial charge < -0.3 is 15.6 Å². The van der Waals surface area contributed by atoms with Crippen LogP contribution in [0.15, 0.2) is 67.0 Å². The van der Waals surface area contributed by atoms with Crippen molar-refractivity contribution in [1.29, 1.82) is 0 Å². The molecule has 4 aromatic rings. The normalized spacial score (nSPS) is 15.4. The summed E-state index contributed by atoms with van der Waals surface area (Å²) in [5.74, 6) is -0.285. The van der Waals surface area contributed by atoms with Crippen molar-refractivity contribution >= 4 is 16.8 Å². The van der Waals surface area contributed by atoms with E-state index in [1.165, 1.54) is 23.4 Å². The van der Waals surface area contributed by atoms with Crippen LogP contribution in [-0.2, 0) is 19.4 Å². The van der Waals surface area contributed by atoms with Gasteiger partial charge in [0.2, 0.25) is 0 Å². The van der Waals surface area contributed by atoms with Crippen LogP contribution in [0.25, 0.3) is 10.9 Å². The van der Waals surface area contributed by atoms with Crippen molar-refractivity contribution < 1.29 is 9.18 Å². The van der Waals surface area contributed by atoms with Gasteiger partial charge in [0, 0.05) is 47.1 Å². The number of pyridine rings is 1. The molecule has 1 amide bonds. The zero-order valence-corrected chi connectivity index (χ0v) is 18.4. The molecule has 2 heterocycles. The maximum Gasteiger partial charge on any atom is 0.251 e. The number of aromatic nitrogens is 2. The van der Waals surface area contributed by atoms with Crippen molar-refractivity contribution in [2.45, 2.75) is 38.3 Å². The average Bonchev–Trinajstić information content (AvgIpc) is 3.23. The number of carbonyl (C=O) groups excluding carboxylic acids is 1. The first-order valence-corrected chi connectivity index (χ1v) is 11.5. The van der Waals surface area contributed by atoms with Gasteiger partial charge in [0.25, 0.3) is 5.91 Å². The molecule has 5 rings (SSSR count). The molecule has 5 nitrogen and oxygen atoms in total. The highest BCUT2D eigenvalue weighted by Crippen LogP contribution is 2.35.